The maximum absolute atomic E-state index is 12.3. The normalized spacial score (nSPS) is 18.7. The predicted octanol–water partition coefficient (Wildman–Crippen LogP) is 2.57. The van der Waals surface area contributed by atoms with Gasteiger partial charge in [0.05, 0.1) is 5.56 Å². The van der Waals surface area contributed by atoms with Gasteiger partial charge >= 0.3 is 6.18 Å². The summed E-state index contributed by atoms with van der Waals surface area (Å²) in [6.45, 7) is 1.82. The summed E-state index contributed by atoms with van der Waals surface area (Å²) in [6.07, 6.45) is -1.48. The maximum atomic E-state index is 12.3. The SMILES string of the molecule is FC(F)(F)c1ccc(C2CCNCC2)nc1. The Morgan fingerprint density at radius 2 is 1.88 bits per heavy atom. The Balaban J connectivity index is 2.12. The van der Waals surface area contributed by atoms with Crippen molar-refractivity contribution in [1.82, 2.24) is 10.3 Å². The molecule has 0 spiro atoms. The van der Waals surface area contributed by atoms with Crippen LogP contribution in [0, 0.1) is 0 Å². The summed E-state index contributed by atoms with van der Waals surface area (Å²) in [5.74, 6) is 0.295. The highest BCUT2D eigenvalue weighted by Crippen LogP contribution is 2.30. The lowest BCUT2D eigenvalue weighted by atomic mass is 9.94. The Morgan fingerprint density at radius 3 is 2.38 bits per heavy atom. The van der Waals surface area contributed by atoms with Crippen molar-refractivity contribution in [3.05, 3.63) is 29.6 Å². The molecule has 0 saturated carbocycles. The number of nitrogens with one attached hydrogen (secondary N) is 1. The van der Waals surface area contributed by atoms with E-state index in [1.807, 2.05) is 0 Å². The van der Waals surface area contributed by atoms with Crippen molar-refractivity contribution in [3.8, 4) is 0 Å². The number of alkyl halides is 3. The first kappa shape index (κ1) is 11.4. The number of aromatic nitrogens is 1. The molecular weight excluding hydrogens is 217 g/mol. The van der Waals surface area contributed by atoms with E-state index < -0.39 is 11.7 Å². The molecule has 0 radical (unpaired) electrons. The first-order valence-corrected chi connectivity index (χ1v) is 5.31. The van der Waals surface area contributed by atoms with Crippen molar-refractivity contribution in [2.24, 2.45) is 0 Å². The quantitative estimate of drug-likeness (QED) is 0.802. The molecule has 1 aliphatic rings. The average Bonchev–Trinajstić information content (AvgIpc) is 2.29. The van der Waals surface area contributed by atoms with Crippen molar-refractivity contribution in [2.45, 2.75) is 24.9 Å². The first-order chi connectivity index (χ1) is 7.57. The van der Waals surface area contributed by atoms with Crippen LogP contribution in [0.4, 0.5) is 13.2 Å². The van der Waals surface area contributed by atoms with Gasteiger partial charge in [0.25, 0.3) is 0 Å². The minimum atomic E-state index is -4.29. The Kier molecular flexibility index (Phi) is 3.14. The van der Waals surface area contributed by atoms with Gasteiger partial charge in [-0.1, -0.05) is 0 Å². The van der Waals surface area contributed by atoms with E-state index in [4.69, 9.17) is 0 Å². The lowest BCUT2D eigenvalue weighted by Gasteiger charge is -2.22. The van der Waals surface area contributed by atoms with Gasteiger partial charge in [-0.2, -0.15) is 13.2 Å². The zero-order valence-corrected chi connectivity index (χ0v) is 8.72. The molecule has 0 bridgehead atoms. The lowest BCUT2D eigenvalue weighted by molar-refractivity contribution is -0.137. The Bertz CT molecular complexity index is 339. The van der Waals surface area contributed by atoms with Crippen molar-refractivity contribution in [3.63, 3.8) is 0 Å². The van der Waals surface area contributed by atoms with Gasteiger partial charge in [0.1, 0.15) is 0 Å². The zero-order chi connectivity index (χ0) is 11.6. The fraction of sp³-hybridized carbons (Fsp3) is 0.545. The topological polar surface area (TPSA) is 24.9 Å². The highest BCUT2D eigenvalue weighted by atomic mass is 19.4. The smallest absolute Gasteiger partial charge is 0.317 e. The highest BCUT2D eigenvalue weighted by molar-refractivity contribution is 5.19. The number of nitrogens with zero attached hydrogens (tertiary/aromatic N) is 1. The Hall–Kier alpha value is -1.10. The maximum Gasteiger partial charge on any atom is 0.417 e. The molecule has 5 heteroatoms. The largest absolute Gasteiger partial charge is 0.417 e. The second kappa shape index (κ2) is 4.41. The third-order valence-electron chi connectivity index (χ3n) is 2.87. The fourth-order valence-electron chi connectivity index (χ4n) is 1.93. The van der Waals surface area contributed by atoms with Crippen LogP contribution in [-0.4, -0.2) is 18.1 Å². The summed E-state index contributed by atoms with van der Waals surface area (Å²) in [4.78, 5) is 3.92. The van der Waals surface area contributed by atoms with Crippen molar-refractivity contribution >= 4 is 0 Å². The summed E-state index contributed by atoms with van der Waals surface area (Å²) in [7, 11) is 0. The summed E-state index contributed by atoms with van der Waals surface area (Å²) in [6, 6.07) is 2.61. The highest BCUT2D eigenvalue weighted by Gasteiger charge is 2.31. The van der Waals surface area contributed by atoms with Crippen molar-refractivity contribution < 1.29 is 13.2 Å². The standard InChI is InChI=1S/C11H13F3N2/c12-11(13,14)9-1-2-10(16-7-9)8-3-5-15-6-4-8/h1-2,7-8,15H,3-6H2. The first-order valence-electron chi connectivity index (χ1n) is 5.31. The number of rotatable bonds is 1. The van der Waals surface area contributed by atoms with Crippen molar-refractivity contribution in [2.75, 3.05) is 13.1 Å². The van der Waals surface area contributed by atoms with Gasteiger partial charge in [-0.15, -0.1) is 0 Å². The summed E-state index contributed by atoms with van der Waals surface area (Å²) in [5, 5.41) is 3.21. The molecule has 16 heavy (non-hydrogen) atoms. The van der Waals surface area contributed by atoms with Crippen molar-refractivity contribution in [1.29, 1.82) is 0 Å². The molecule has 1 N–H and O–H groups in total. The van der Waals surface area contributed by atoms with Crippen LogP contribution >= 0.6 is 0 Å². The van der Waals surface area contributed by atoms with E-state index in [0.29, 0.717) is 5.92 Å². The third-order valence-corrected chi connectivity index (χ3v) is 2.87. The Labute approximate surface area is 91.9 Å². The molecule has 1 aliphatic heterocycles. The van der Waals surface area contributed by atoms with E-state index >= 15 is 0 Å². The van der Waals surface area contributed by atoms with Crippen LogP contribution in [0.15, 0.2) is 18.3 Å². The summed E-state index contributed by atoms with van der Waals surface area (Å²) >= 11 is 0. The van der Waals surface area contributed by atoms with Crippen LogP contribution in [0.1, 0.15) is 30.0 Å². The number of piperidine rings is 1. The molecule has 2 nitrogen and oxygen atoms in total. The number of halogens is 3. The molecular formula is C11H13F3N2. The monoisotopic (exact) mass is 230 g/mol. The molecule has 1 aromatic heterocycles. The number of hydrogen-bond acceptors (Lipinski definition) is 2. The Morgan fingerprint density at radius 1 is 1.19 bits per heavy atom. The molecule has 88 valence electrons. The summed E-state index contributed by atoms with van der Waals surface area (Å²) in [5.41, 5.74) is 0.0969. The second-order valence-corrected chi connectivity index (χ2v) is 3.99. The second-order valence-electron chi connectivity index (χ2n) is 3.99. The molecule has 1 fully saturated rings. The summed E-state index contributed by atoms with van der Waals surface area (Å²) < 4.78 is 36.9. The van der Waals surface area contributed by atoms with Gasteiger partial charge < -0.3 is 5.32 Å². The van der Waals surface area contributed by atoms with E-state index in [1.165, 1.54) is 6.07 Å². The van der Waals surface area contributed by atoms with E-state index in [9.17, 15) is 13.2 Å². The number of pyridine rings is 1. The molecule has 0 aromatic carbocycles. The third kappa shape index (κ3) is 2.52. The van der Waals surface area contributed by atoms with Gasteiger partial charge in [0.15, 0.2) is 0 Å². The molecule has 0 atom stereocenters. The molecule has 2 heterocycles. The van der Waals surface area contributed by atoms with Gasteiger partial charge in [0, 0.05) is 17.8 Å². The zero-order valence-electron chi connectivity index (χ0n) is 8.72. The van der Waals surface area contributed by atoms with Crippen LogP contribution in [0.3, 0.4) is 0 Å². The minimum Gasteiger partial charge on any atom is -0.317 e. The van der Waals surface area contributed by atoms with Crippen LogP contribution < -0.4 is 5.32 Å². The van der Waals surface area contributed by atoms with E-state index in [-0.39, 0.29) is 0 Å². The number of hydrogen-bond donors (Lipinski definition) is 1. The van der Waals surface area contributed by atoms with Gasteiger partial charge in [-0.25, -0.2) is 0 Å². The van der Waals surface area contributed by atoms with Crippen LogP contribution in [0.2, 0.25) is 0 Å². The molecule has 1 saturated heterocycles. The van der Waals surface area contributed by atoms with Gasteiger partial charge in [-0.05, 0) is 38.1 Å². The lowest BCUT2D eigenvalue weighted by Crippen LogP contribution is -2.27. The molecule has 0 amide bonds. The van der Waals surface area contributed by atoms with Crippen LogP contribution in [-0.2, 0) is 6.18 Å². The molecule has 1 aromatic rings. The molecule has 2 rings (SSSR count). The minimum absolute atomic E-state index is 0.295. The molecule has 0 unspecified atom stereocenters. The van der Waals surface area contributed by atoms with Crippen LogP contribution in [0.25, 0.3) is 0 Å². The van der Waals surface area contributed by atoms with E-state index in [2.05, 4.69) is 10.3 Å². The van der Waals surface area contributed by atoms with Gasteiger partial charge in [-0.3, -0.25) is 4.98 Å². The fourth-order valence-corrected chi connectivity index (χ4v) is 1.93. The van der Waals surface area contributed by atoms with Gasteiger partial charge in [0.2, 0.25) is 0 Å². The molecule has 0 aliphatic carbocycles. The van der Waals surface area contributed by atoms with Crippen LogP contribution in [0.5, 0.6) is 0 Å². The average molecular weight is 230 g/mol. The van der Waals surface area contributed by atoms with E-state index in [1.54, 1.807) is 0 Å². The predicted molar refractivity (Wildman–Crippen MR) is 54.1 cm³/mol. The van der Waals surface area contributed by atoms with E-state index in [0.717, 1.165) is 43.9 Å².